The van der Waals surface area contributed by atoms with E-state index >= 15 is 0 Å². The first kappa shape index (κ1) is 18.0. The van der Waals surface area contributed by atoms with Crippen LogP contribution in [0.25, 0.3) is 0 Å². The van der Waals surface area contributed by atoms with E-state index in [1.165, 1.54) is 7.11 Å². The van der Waals surface area contributed by atoms with Gasteiger partial charge in [0.1, 0.15) is 0 Å². The summed E-state index contributed by atoms with van der Waals surface area (Å²) in [5.41, 5.74) is 0.485. The first-order chi connectivity index (χ1) is 9.43. The van der Waals surface area contributed by atoms with Gasteiger partial charge in [-0.05, 0) is 72.4 Å². The Morgan fingerprint density at radius 3 is 2.70 bits per heavy atom. The quantitative estimate of drug-likeness (QED) is 0.333. The summed E-state index contributed by atoms with van der Waals surface area (Å²) >= 11 is 5.75. The lowest BCUT2D eigenvalue weighted by Gasteiger charge is -2.28. The molecule has 0 saturated carbocycles. The Morgan fingerprint density at radius 1 is 1.45 bits per heavy atom. The lowest BCUT2D eigenvalue weighted by atomic mass is 9.77. The van der Waals surface area contributed by atoms with Crippen molar-refractivity contribution < 1.29 is 9.53 Å². The van der Waals surface area contributed by atoms with Crippen molar-refractivity contribution in [3.05, 3.63) is 33.4 Å². The number of benzene rings is 1. The van der Waals surface area contributed by atoms with Gasteiger partial charge in [-0.15, -0.1) is 0 Å². The fourth-order valence-electron chi connectivity index (χ4n) is 2.29. The van der Waals surface area contributed by atoms with E-state index in [1.807, 2.05) is 25.1 Å². The Morgan fingerprint density at radius 2 is 2.15 bits per heavy atom. The average molecular weight is 453 g/mol. The number of rotatable bonds is 7. The highest BCUT2D eigenvalue weighted by atomic mass is 127. The molecule has 0 spiro atoms. The topological polar surface area (TPSA) is 26.3 Å². The lowest BCUT2D eigenvalue weighted by molar-refractivity contribution is -0.147. The van der Waals surface area contributed by atoms with E-state index < -0.39 is 5.41 Å². The van der Waals surface area contributed by atoms with E-state index in [0.717, 1.165) is 33.7 Å². The minimum Gasteiger partial charge on any atom is -0.468 e. The molecule has 0 aliphatic carbocycles. The van der Waals surface area contributed by atoms with Crippen LogP contribution in [-0.2, 0) is 14.9 Å². The highest BCUT2D eigenvalue weighted by molar-refractivity contribution is 14.1. The van der Waals surface area contributed by atoms with Crippen LogP contribution in [0.1, 0.15) is 38.7 Å². The predicted molar refractivity (Wildman–Crippen MR) is 95.3 cm³/mol. The largest absolute Gasteiger partial charge is 0.468 e. The van der Waals surface area contributed by atoms with Crippen molar-refractivity contribution in [1.29, 1.82) is 0 Å². The van der Waals surface area contributed by atoms with Gasteiger partial charge >= 0.3 is 5.97 Å². The first-order valence-corrected chi connectivity index (χ1v) is 9.04. The molecule has 0 fully saturated rings. The first-order valence-electron chi connectivity index (χ1n) is 6.84. The third-order valence-electron chi connectivity index (χ3n) is 3.84. The van der Waals surface area contributed by atoms with E-state index in [0.29, 0.717) is 5.92 Å². The number of alkyl halides is 1. The molecule has 4 heteroatoms. The second-order valence-corrected chi connectivity index (χ2v) is 7.49. The molecule has 2 nitrogen and oxygen atoms in total. The van der Waals surface area contributed by atoms with Gasteiger partial charge in [-0.2, -0.15) is 0 Å². The minimum atomic E-state index is -0.559. The summed E-state index contributed by atoms with van der Waals surface area (Å²) < 4.78 is 6.19. The molecule has 112 valence electrons. The third-order valence-corrected chi connectivity index (χ3v) is 4.97. The van der Waals surface area contributed by atoms with Crippen LogP contribution in [0.4, 0.5) is 0 Å². The van der Waals surface area contributed by atoms with Gasteiger partial charge in [0.15, 0.2) is 0 Å². The number of ether oxygens (including phenoxy) is 1. The number of hydrogen-bond acceptors (Lipinski definition) is 2. The number of esters is 1. The second-order valence-electron chi connectivity index (χ2n) is 5.46. The summed E-state index contributed by atoms with van der Waals surface area (Å²) in [6.45, 7) is 4.22. The van der Waals surface area contributed by atoms with Crippen molar-refractivity contribution in [1.82, 2.24) is 0 Å². The number of carbonyl (C=O) groups excluding carboxylic acids is 1. The maximum absolute atomic E-state index is 12.3. The molecule has 0 bridgehead atoms. The van der Waals surface area contributed by atoms with Gasteiger partial charge < -0.3 is 4.74 Å². The standard InChI is InChI=1S/C16H22BrIO2/c1-12(8-10-17)7-9-16(2,15(19)20-3)13-5-4-6-14(18)11-13/h4-6,11-12H,7-10H2,1-3H3. The van der Waals surface area contributed by atoms with Gasteiger partial charge in [-0.25, -0.2) is 0 Å². The van der Waals surface area contributed by atoms with Crippen LogP contribution in [0.5, 0.6) is 0 Å². The van der Waals surface area contributed by atoms with E-state index in [1.54, 1.807) is 0 Å². The molecular formula is C16H22BrIO2. The Balaban J connectivity index is 2.95. The molecule has 0 N–H and O–H groups in total. The maximum atomic E-state index is 12.3. The molecule has 0 aliphatic heterocycles. The molecule has 0 heterocycles. The molecule has 0 aliphatic rings. The van der Waals surface area contributed by atoms with Gasteiger partial charge in [0.2, 0.25) is 0 Å². The molecule has 1 aromatic rings. The minimum absolute atomic E-state index is 0.148. The summed E-state index contributed by atoms with van der Waals surface area (Å²) in [4.78, 5) is 12.3. The zero-order valence-corrected chi connectivity index (χ0v) is 16.0. The van der Waals surface area contributed by atoms with Crippen LogP contribution < -0.4 is 0 Å². The molecular weight excluding hydrogens is 431 g/mol. The van der Waals surface area contributed by atoms with Crippen molar-refractivity contribution in [3.63, 3.8) is 0 Å². The van der Waals surface area contributed by atoms with Crippen LogP contribution in [0.15, 0.2) is 24.3 Å². The van der Waals surface area contributed by atoms with Crippen LogP contribution in [0, 0.1) is 9.49 Å². The molecule has 2 atom stereocenters. The fourth-order valence-corrected chi connectivity index (χ4v) is 3.61. The van der Waals surface area contributed by atoms with Crippen LogP contribution in [0.2, 0.25) is 0 Å². The van der Waals surface area contributed by atoms with Crippen LogP contribution in [-0.4, -0.2) is 18.4 Å². The molecule has 2 unspecified atom stereocenters. The zero-order valence-electron chi connectivity index (χ0n) is 12.3. The SMILES string of the molecule is COC(=O)C(C)(CCC(C)CCBr)c1cccc(I)c1. The molecule has 1 rings (SSSR count). The van der Waals surface area contributed by atoms with Crippen molar-refractivity contribution in [2.75, 3.05) is 12.4 Å². The smallest absolute Gasteiger partial charge is 0.315 e. The Kier molecular flexibility index (Phi) is 7.51. The number of hydrogen-bond donors (Lipinski definition) is 0. The molecule has 0 amide bonds. The zero-order chi connectivity index (χ0) is 15.2. The highest BCUT2D eigenvalue weighted by Gasteiger charge is 2.36. The lowest BCUT2D eigenvalue weighted by Crippen LogP contribution is -2.34. The molecule has 1 aromatic carbocycles. The number of halogens is 2. The highest BCUT2D eigenvalue weighted by Crippen LogP contribution is 2.33. The van der Waals surface area contributed by atoms with Gasteiger partial charge in [-0.1, -0.05) is 35.0 Å². The fraction of sp³-hybridized carbons (Fsp3) is 0.562. The average Bonchev–Trinajstić information content (AvgIpc) is 2.44. The second kappa shape index (κ2) is 8.37. The summed E-state index contributed by atoms with van der Waals surface area (Å²) in [7, 11) is 1.47. The van der Waals surface area contributed by atoms with E-state index in [4.69, 9.17) is 4.74 Å². The summed E-state index contributed by atoms with van der Waals surface area (Å²) in [6.07, 6.45) is 2.96. The number of methoxy groups -OCH3 is 1. The van der Waals surface area contributed by atoms with Crippen molar-refractivity contribution in [2.45, 2.75) is 38.5 Å². The van der Waals surface area contributed by atoms with Gasteiger partial charge in [0.05, 0.1) is 12.5 Å². The van der Waals surface area contributed by atoms with Gasteiger partial charge in [-0.3, -0.25) is 4.79 Å². The predicted octanol–water partition coefficient (Wildman–Crippen LogP) is 4.92. The van der Waals surface area contributed by atoms with Crippen molar-refractivity contribution in [3.8, 4) is 0 Å². The molecule has 0 aromatic heterocycles. The molecule has 0 saturated heterocycles. The van der Waals surface area contributed by atoms with Crippen molar-refractivity contribution >= 4 is 44.5 Å². The van der Waals surface area contributed by atoms with Crippen LogP contribution >= 0.6 is 38.5 Å². The summed E-state index contributed by atoms with van der Waals surface area (Å²) in [5.74, 6) is 0.451. The third kappa shape index (κ3) is 4.72. The van der Waals surface area contributed by atoms with E-state index in [9.17, 15) is 4.79 Å². The Bertz CT molecular complexity index is 450. The maximum Gasteiger partial charge on any atom is 0.315 e. The molecule has 20 heavy (non-hydrogen) atoms. The molecule has 0 radical (unpaired) electrons. The van der Waals surface area contributed by atoms with Crippen molar-refractivity contribution in [2.24, 2.45) is 5.92 Å². The summed E-state index contributed by atoms with van der Waals surface area (Å²) in [5, 5.41) is 1.01. The van der Waals surface area contributed by atoms with E-state index in [-0.39, 0.29) is 5.97 Å². The van der Waals surface area contributed by atoms with Gasteiger partial charge in [0, 0.05) is 8.90 Å². The summed E-state index contributed by atoms with van der Waals surface area (Å²) in [6, 6.07) is 8.14. The Hall–Kier alpha value is -0.100. The normalized spacial score (nSPS) is 15.4. The van der Waals surface area contributed by atoms with Crippen LogP contribution in [0.3, 0.4) is 0 Å². The van der Waals surface area contributed by atoms with Gasteiger partial charge in [0.25, 0.3) is 0 Å². The Labute approximate surface area is 143 Å². The monoisotopic (exact) mass is 452 g/mol. The van der Waals surface area contributed by atoms with E-state index in [2.05, 4.69) is 51.5 Å². The number of carbonyl (C=O) groups is 1.